The van der Waals surface area contributed by atoms with Crippen molar-refractivity contribution >= 4 is 6.03 Å². The van der Waals surface area contributed by atoms with Crippen molar-refractivity contribution in [1.29, 1.82) is 0 Å². The first kappa shape index (κ1) is 15.6. The summed E-state index contributed by atoms with van der Waals surface area (Å²) in [6.45, 7) is 5.75. The largest absolute Gasteiger partial charge is 0.490 e. The van der Waals surface area contributed by atoms with Gasteiger partial charge in [0.25, 0.3) is 0 Å². The number of likely N-dealkylation sites (tertiary alicyclic amines) is 1. The number of rotatable bonds is 4. The van der Waals surface area contributed by atoms with Crippen LogP contribution in [0.25, 0.3) is 0 Å². The average molecular weight is 292 g/mol. The summed E-state index contributed by atoms with van der Waals surface area (Å²) in [5.41, 5.74) is 6.55. The Hall–Kier alpha value is -1.82. The highest BCUT2D eigenvalue weighted by Crippen LogP contribution is 2.21. The third kappa shape index (κ3) is 4.32. The SMILES string of the molecule is Cc1cnccc1OC1CCN(C(=O)N[C@H](C)CN)CC1. The maximum Gasteiger partial charge on any atom is 0.317 e. The molecular weight excluding hydrogens is 268 g/mol. The molecule has 1 aromatic rings. The number of hydrogen-bond acceptors (Lipinski definition) is 4. The molecule has 1 atom stereocenters. The first-order chi connectivity index (χ1) is 10.1. The number of carbonyl (C=O) groups excluding carboxylic acids is 1. The van der Waals surface area contributed by atoms with Crippen LogP contribution in [0, 0.1) is 6.92 Å². The number of amides is 2. The number of nitrogens with zero attached hydrogens (tertiary/aromatic N) is 2. The molecular formula is C15H24N4O2. The van der Waals surface area contributed by atoms with Gasteiger partial charge in [-0.05, 0) is 19.9 Å². The van der Waals surface area contributed by atoms with Gasteiger partial charge in [0.15, 0.2) is 0 Å². The van der Waals surface area contributed by atoms with Crippen molar-refractivity contribution in [3.05, 3.63) is 24.0 Å². The van der Waals surface area contributed by atoms with Gasteiger partial charge in [-0.1, -0.05) is 0 Å². The van der Waals surface area contributed by atoms with Gasteiger partial charge < -0.3 is 20.7 Å². The standard InChI is InChI=1S/C15H24N4O2/c1-11-10-17-6-3-14(11)21-13-4-7-19(8-5-13)15(20)18-12(2)9-16/h3,6,10,12-13H,4-5,7-9,16H2,1-2H3,(H,18,20)/t12-/m1/s1. The second kappa shape index (κ2) is 7.26. The highest BCUT2D eigenvalue weighted by molar-refractivity contribution is 5.74. The van der Waals surface area contributed by atoms with Gasteiger partial charge in [-0.15, -0.1) is 0 Å². The number of nitrogens with two attached hydrogens (primary N) is 1. The summed E-state index contributed by atoms with van der Waals surface area (Å²) in [7, 11) is 0. The second-order valence-electron chi connectivity index (χ2n) is 5.53. The normalized spacial score (nSPS) is 17.4. The summed E-state index contributed by atoms with van der Waals surface area (Å²) in [5, 5.41) is 2.89. The molecule has 1 aromatic heterocycles. The lowest BCUT2D eigenvalue weighted by Crippen LogP contribution is -2.50. The topological polar surface area (TPSA) is 80.5 Å². The van der Waals surface area contributed by atoms with Crippen LogP contribution in [0.1, 0.15) is 25.3 Å². The molecule has 0 aromatic carbocycles. The molecule has 2 heterocycles. The summed E-state index contributed by atoms with van der Waals surface area (Å²) >= 11 is 0. The van der Waals surface area contributed by atoms with E-state index < -0.39 is 0 Å². The fourth-order valence-electron chi connectivity index (χ4n) is 2.31. The van der Waals surface area contributed by atoms with Crippen molar-refractivity contribution in [3.63, 3.8) is 0 Å². The minimum atomic E-state index is -0.0357. The zero-order chi connectivity index (χ0) is 15.2. The van der Waals surface area contributed by atoms with Crippen LogP contribution in [0.4, 0.5) is 4.79 Å². The number of hydrogen-bond donors (Lipinski definition) is 2. The maximum atomic E-state index is 12.0. The highest BCUT2D eigenvalue weighted by Gasteiger charge is 2.24. The number of nitrogens with one attached hydrogen (secondary N) is 1. The van der Waals surface area contributed by atoms with Crippen LogP contribution in [0.5, 0.6) is 5.75 Å². The minimum absolute atomic E-state index is 0.00550. The fourth-order valence-corrected chi connectivity index (χ4v) is 2.31. The number of aromatic nitrogens is 1. The number of pyridine rings is 1. The summed E-state index contributed by atoms with van der Waals surface area (Å²) in [5.74, 6) is 0.879. The zero-order valence-electron chi connectivity index (χ0n) is 12.7. The molecule has 3 N–H and O–H groups in total. The Bertz CT molecular complexity index is 472. The molecule has 0 spiro atoms. The van der Waals surface area contributed by atoms with Crippen molar-refractivity contribution < 1.29 is 9.53 Å². The molecule has 0 bridgehead atoms. The number of carbonyl (C=O) groups is 1. The van der Waals surface area contributed by atoms with E-state index in [-0.39, 0.29) is 18.2 Å². The first-order valence-corrected chi connectivity index (χ1v) is 7.43. The molecule has 0 unspecified atom stereocenters. The smallest absolute Gasteiger partial charge is 0.317 e. The van der Waals surface area contributed by atoms with Crippen LogP contribution >= 0.6 is 0 Å². The molecule has 1 aliphatic heterocycles. The van der Waals surface area contributed by atoms with Gasteiger partial charge in [-0.3, -0.25) is 4.98 Å². The van der Waals surface area contributed by atoms with Gasteiger partial charge in [0.2, 0.25) is 0 Å². The van der Waals surface area contributed by atoms with Crippen LogP contribution in [-0.2, 0) is 0 Å². The predicted octanol–water partition coefficient (Wildman–Crippen LogP) is 1.29. The van der Waals surface area contributed by atoms with E-state index in [1.165, 1.54) is 0 Å². The molecule has 116 valence electrons. The van der Waals surface area contributed by atoms with E-state index >= 15 is 0 Å². The Labute approximate surface area is 125 Å². The minimum Gasteiger partial charge on any atom is -0.490 e. The zero-order valence-corrected chi connectivity index (χ0v) is 12.7. The summed E-state index contributed by atoms with van der Waals surface area (Å²) < 4.78 is 6.00. The molecule has 1 fully saturated rings. The second-order valence-corrected chi connectivity index (χ2v) is 5.53. The molecule has 0 aliphatic carbocycles. The van der Waals surface area contributed by atoms with E-state index in [0.717, 1.165) is 24.2 Å². The predicted molar refractivity (Wildman–Crippen MR) is 81.2 cm³/mol. The molecule has 6 heteroatoms. The van der Waals surface area contributed by atoms with Gasteiger partial charge in [-0.2, -0.15) is 0 Å². The number of piperidine rings is 1. The molecule has 1 saturated heterocycles. The van der Waals surface area contributed by atoms with Crippen LogP contribution in [0.2, 0.25) is 0 Å². The number of ether oxygens (including phenoxy) is 1. The highest BCUT2D eigenvalue weighted by atomic mass is 16.5. The van der Waals surface area contributed by atoms with Crippen molar-refractivity contribution in [1.82, 2.24) is 15.2 Å². The molecule has 2 rings (SSSR count). The first-order valence-electron chi connectivity index (χ1n) is 7.43. The third-order valence-electron chi connectivity index (χ3n) is 3.72. The molecule has 21 heavy (non-hydrogen) atoms. The van der Waals surface area contributed by atoms with Gasteiger partial charge in [0.1, 0.15) is 11.9 Å². The van der Waals surface area contributed by atoms with E-state index in [4.69, 9.17) is 10.5 Å². The molecule has 0 saturated carbocycles. The van der Waals surface area contributed by atoms with E-state index in [2.05, 4.69) is 10.3 Å². The molecule has 1 aliphatic rings. The summed E-state index contributed by atoms with van der Waals surface area (Å²) in [4.78, 5) is 17.9. The van der Waals surface area contributed by atoms with Crippen molar-refractivity contribution in [2.75, 3.05) is 19.6 Å². The van der Waals surface area contributed by atoms with Crippen LogP contribution in [0.15, 0.2) is 18.5 Å². The summed E-state index contributed by atoms with van der Waals surface area (Å²) in [6.07, 6.45) is 5.37. The quantitative estimate of drug-likeness (QED) is 0.876. The fraction of sp³-hybridized carbons (Fsp3) is 0.600. The van der Waals surface area contributed by atoms with Crippen LogP contribution in [-0.4, -0.2) is 47.7 Å². The van der Waals surface area contributed by atoms with Gasteiger partial charge in [0.05, 0.1) is 0 Å². The Kier molecular flexibility index (Phi) is 5.38. The van der Waals surface area contributed by atoms with E-state index in [0.29, 0.717) is 19.6 Å². The molecule has 0 radical (unpaired) electrons. The lowest BCUT2D eigenvalue weighted by Gasteiger charge is -2.33. The van der Waals surface area contributed by atoms with E-state index in [1.807, 2.05) is 24.8 Å². The Morgan fingerprint density at radius 1 is 1.57 bits per heavy atom. The average Bonchev–Trinajstić information content (AvgIpc) is 2.50. The summed E-state index contributed by atoms with van der Waals surface area (Å²) in [6, 6.07) is 1.86. The molecule has 6 nitrogen and oxygen atoms in total. The van der Waals surface area contributed by atoms with E-state index in [1.54, 1.807) is 12.4 Å². The Morgan fingerprint density at radius 3 is 2.90 bits per heavy atom. The Balaban J connectivity index is 1.81. The monoisotopic (exact) mass is 292 g/mol. The van der Waals surface area contributed by atoms with Gasteiger partial charge in [-0.25, -0.2) is 4.79 Å². The lowest BCUT2D eigenvalue weighted by atomic mass is 10.1. The van der Waals surface area contributed by atoms with Gasteiger partial charge >= 0.3 is 6.03 Å². The lowest BCUT2D eigenvalue weighted by molar-refractivity contribution is 0.109. The van der Waals surface area contributed by atoms with Crippen LogP contribution in [0.3, 0.4) is 0 Å². The maximum absolute atomic E-state index is 12.0. The third-order valence-corrected chi connectivity index (χ3v) is 3.72. The van der Waals surface area contributed by atoms with Crippen molar-refractivity contribution in [2.45, 2.75) is 38.8 Å². The van der Waals surface area contributed by atoms with Gasteiger partial charge in [0, 0.05) is 56.5 Å². The van der Waals surface area contributed by atoms with Crippen LogP contribution < -0.4 is 15.8 Å². The number of aryl methyl sites for hydroxylation is 1. The molecule has 2 amide bonds. The Morgan fingerprint density at radius 2 is 2.29 bits per heavy atom. The van der Waals surface area contributed by atoms with Crippen molar-refractivity contribution in [2.24, 2.45) is 5.73 Å². The van der Waals surface area contributed by atoms with Crippen molar-refractivity contribution in [3.8, 4) is 5.75 Å². The van der Waals surface area contributed by atoms with E-state index in [9.17, 15) is 4.79 Å². The number of urea groups is 1.